The summed E-state index contributed by atoms with van der Waals surface area (Å²) in [7, 11) is 0. The van der Waals surface area contributed by atoms with Crippen molar-refractivity contribution in [2.75, 3.05) is 26.2 Å². The Morgan fingerprint density at radius 3 is 2.32 bits per heavy atom. The fraction of sp³-hybridized carbons (Fsp3) is 0.609. The minimum Gasteiger partial charge on any atom is -0.466 e. The molecule has 174 valence electrons. The Balaban J connectivity index is 2.48. The van der Waals surface area contributed by atoms with Crippen LogP contribution >= 0.6 is 0 Å². The maximum atomic E-state index is 12.6. The van der Waals surface area contributed by atoms with Gasteiger partial charge in [-0.05, 0) is 46.1 Å². The van der Waals surface area contributed by atoms with E-state index in [4.69, 9.17) is 14.2 Å². The van der Waals surface area contributed by atoms with E-state index in [1.807, 2.05) is 30.3 Å². The van der Waals surface area contributed by atoms with Crippen molar-refractivity contribution in [3.8, 4) is 0 Å². The second kappa shape index (κ2) is 14.3. The molecule has 0 fully saturated rings. The first-order valence-electron chi connectivity index (χ1n) is 10.8. The van der Waals surface area contributed by atoms with Crippen molar-refractivity contribution in [3.63, 3.8) is 0 Å². The number of ether oxygens (including phenoxy) is 3. The van der Waals surface area contributed by atoms with E-state index in [-0.39, 0.29) is 19.1 Å². The van der Waals surface area contributed by atoms with Gasteiger partial charge in [-0.15, -0.1) is 0 Å². The SMILES string of the molecule is CCOC(=O)CCCCCN(CCNC(=O)OC(C)(C)C)C(=O)OCc1ccccc1. The van der Waals surface area contributed by atoms with Crippen LogP contribution in [-0.4, -0.2) is 54.9 Å². The van der Waals surface area contributed by atoms with Gasteiger partial charge >= 0.3 is 18.2 Å². The van der Waals surface area contributed by atoms with E-state index in [0.29, 0.717) is 39.0 Å². The van der Waals surface area contributed by atoms with E-state index in [2.05, 4.69) is 5.32 Å². The molecule has 1 rings (SSSR count). The molecule has 0 saturated heterocycles. The lowest BCUT2D eigenvalue weighted by Crippen LogP contribution is -2.41. The lowest BCUT2D eigenvalue weighted by atomic mass is 10.2. The van der Waals surface area contributed by atoms with Gasteiger partial charge in [0.05, 0.1) is 6.61 Å². The number of carbonyl (C=O) groups excluding carboxylic acids is 3. The number of nitrogens with zero attached hydrogens (tertiary/aromatic N) is 1. The smallest absolute Gasteiger partial charge is 0.410 e. The van der Waals surface area contributed by atoms with Crippen LogP contribution in [0.4, 0.5) is 9.59 Å². The van der Waals surface area contributed by atoms with Gasteiger partial charge in [0.1, 0.15) is 12.2 Å². The summed E-state index contributed by atoms with van der Waals surface area (Å²) in [5.41, 5.74) is 0.314. The molecule has 0 unspecified atom stereocenters. The molecule has 0 radical (unpaired) electrons. The van der Waals surface area contributed by atoms with Crippen LogP contribution in [0.5, 0.6) is 0 Å². The molecule has 1 aromatic carbocycles. The number of hydrogen-bond acceptors (Lipinski definition) is 6. The summed E-state index contributed by atoms with van der Waals surface area (Å²) in [5.74, 6) is -0.205. The molecule has 8 heteroatoms. The Kier molecular flexibility index (Phi) is 12.1. The number of nitrogens with one attached hydrogen (secondary N) is 1. The summed E-state index contributed by atoms with van der Waals surface area (Å²) < 4.78 is 15.6. The number of hydrogen-bond donors (Lipinski definition) is 1. The van der Waals surface area contributed by atoms with E-state index < -0.39 is 17.8 Å². The van der Waals surface area contributed by atoms with Crippen molar-refractivity contribution in [2.24, 2.45) is 0 Å². The van der Waals surface area contributed by atoms with E-state index in [1.54, 1.807) is 32.6 Å². The fourth-order valence-electron chi connectivity index (χ4n) is 2.69. The van der Waals surface area contributed by atoms with Crippen molar-refractivity contribution < 1.29 is 28.6 Å². The van der Waals surface area contributed by atoms with Crippen LogP contribution in [0.25, 0.3) is 0 Å². The summed E-state index contributed by atoms with van der Waals surface area (Å²) in [6.07, 6.45) is 1.58. The third-order valence-electron chi connectivity index (χ3n) is 4.13. The summed E-state index contributed by atoms with van der Waals surface area (Å²) >= 11 is 0. The number of carbonyl (C=O) groups is 3. The zero-order valence-electron chi connectivity index (χ0n) is 19.1. The standard InChI is InChI=1S/C23H36N2O6/c1-5-29-20(26)14-10-7-11-16-25(17-15-24-21(27)31-23(2,3)4)22(28)30-18-19-12-8-6-9-13-19/h6,8-9,12-13H,5,7,10-11,14-18H2,1-4H3,(H,24,27). The zero-order chi connectivity index (χ0) is 23.1. The highest BCUT2D eigenvalue weighted by molar-refractivity contribution is 5.69. The number of unbranched alkanes of at least 4 members (excludes halogenated alkanes) is 2. The molecule has 0 heterocycles. The minimum absolute atomic E-state index is 0.179. The van der Waals surface area contributed by atoms with Gasteiger partial charge in [0.25, 0.3) is 0 Å². The Morgan fingerprint density at radius 1 is 0.968 bits per heavy atom. The number of esters is 1. The number of alkyl carbamates (subject to hydrolysis) is 1. The van der Waals surface area contributed by atoms with Crippen molar-refractivity contribution in [1.29, 1.82) is 0 Å². The van der Waals surface area contributed by atoms with Gasteiger partial charge in [-0.1, -0.05) is 36.8 Å². The monoisotopic (exact) mass is 436 g/mol. The maximum Gasteiger partial charge on any atom is 0.410 e. The molecule has 0 bridgehead atoms. The fourth-order valence-corrected chi connectivity index (χ4v) is 2.69. The van der Waals surface area contributed by atoms with Crippen LogP contribution in [-0.2, 0) is 25.6 Å². The quantitative estimate of drug-likeness (QED) is 0.299. The first-order chi connectivity index (χ1) is 14.7. The van der Waals surface area contributed by atoms with Gasteiger partial charge in [-0.2, -0.15) is 0 Å². The largest absolute Gasteiger partial charge is 0.466 e. The van der Waals surface area contributed by atoms with Crippen LogP contribution in [0.1, 0.15) is 58.9 Å². The highest BCUT2D eigenvalue weighted by atomic mass is 16.6. The zero-order valence-corrected chi connectivity index (χ0v) is 19.1. The molecule has 1 aromatic rings. The van der Waals surface area contributed by atoms with Gasteiger partial charge < -0.3 is 24.4 Å². The molecular formula is C23H36N2O6. The molecule has 31 heavy (non-hydrogen) atoms. The van der Waals surface area contributed by atoms with Crippen LogP contribution in [0.15, 0.2) is 30.3 Å². The average molecular weight is 437 g/mol. The molecule has 2 amide bonds. The van der Waals surface area contributed by atoms with E-state index >= 15 is 0 Å². The molecular weight excluding hydrogens is 400 g/mol. The predicted octanol–water partition coefficient (Wildman–Crippen LogP) is 4.27. The molecule has 0 aliphatic rings. The summed E-state index contributed by atoms with van der Waals surface area (Å²) in [6, 6.07) is 9.44. The van der Waals surface area contributed by atoms with Crippen LogP contribution in [0.2, 0.25) is 0 Å². The molecule has 0 aliphatic carbocycles. The lowest BCUT2D eigenvalue weighted by Gasteiger charge is -2.23. The second-order valence-corrected chi connectivity index (χ2v) is 8.07. The van der Waals surface area contributed by atoms with Crippen molar-refractivity contribution in [2.45, 2.75) is 65.6 Å². The Hall–Kier alpha value is -2.77. The van der Waals surface area contributed by atoms with Crippen LogP contribution in [0, 0.1) is 0 Å². The first-order valence-corrected chi connectivity index (χ1v) is 10.8. The summed E-state index contributed by atoms with van der Waals surface area (Å²) in [4.78, 5) is 37.4. The Morgan fingerprint density at radius 2 is 1.68 bits per heavy atom. The topological polar surface area (TPSA) is 94.2 Å². The number of rotatable bonds is 12. The molecule has 0 saturated carbocycles. The normalized spacial score (nSPS) is 10.8. The Labute approximate surface area is 185 Å². The van der Waals surface area contributed by atoms with E-state index in [0.717, 1.165) is 12.0 Å². The predicted molar refractivity (Wildman–Crippen MR) is 118 cm³/mol. The maximum absolute atomic E-state index is 12.6. The lowest BCUT2D eigenvalue weighted by molar-refractivity contribution is -0.143. The van der Waals surface area contributed by atoms with E-state index in [1.165, 1.54) is 0 Å². The van der Waals surface area contributed by atoms with Gasteiger partial charge in [-0.3, -0.25) is 4.79 Å². The third-order valence-corrected chi connectivity index (χ3v) is 4.13. The second-order valence-electron chi connectivity index (χ2n) is 8.07. The molecule has 0 aliphatic heterocycles. The highest BCUT2D eigenvalue weighted by Gasteiger charge is 2.18. The summed E-state index contributed by atoms with van der Waals surface area (Å²) in [5, 5.41) is 2.66. The number of benzene rings is 1. The molecule has 0 atom stereocenters. The van der Waals surface area contributed by atoms with Gasteiger partial charge in [-0.25, -0.2) is 9.59 Å². The number of amides is 2. The Bertz CT molecular complexity index is 672. The van der Waals surface area contributed by atoms with Gasteiger partial charge in [0.2, 0.25) is 0 Å². The van der Waals surface area contributed by atoms with Crippen LogP contribution in [0.3, 0.4) is 0 Å². The van der Waals surface area contributed by atoms with E-state index in [9.17, 15) is 14.4 Å². The van der Waals surface area contributed by atoms with Gasteiger partial charge in [0.15, 0.2) is 0 Å². The minimum atomic E-state index is -0.586. The molecule has 0 aromatic heterocycles. The van der Waals surface area contributed by atoms with Crippen molar-refractivity contribution in [1.82, 2.24) is 10.2 Å². The average Bonchev–Trinajstić information content (AvgIpc) is 2.70. The molecule has 8 nitrogen and oxygen atoms in total. The first kappa shape index (κ1) is 26.3. The van der Waals surface area contributed by atoms with Crippen molar-refractivity contribution in [3.05, 3.63) is 35.9 Å². The van der Waals surface area contributed by atoms with Gasteiger partial charge in [0, 0.05) is 26.1 Å². The highest BCUT2D eigenvalue weighted by Crippen LogP contribution is 2.08. The summed E-state index contributed by atoms with van der Waals surface area (Å²) in [6.45, 7) is 8.71. The van der Waals surface area contributed by atoms with Crippen LogP contribution < -0.4 is 5.32 Å². The van der Waals surface area contributed by atoms with Crippen molar-refractivity contribution >= 4 is 18.2 Å². The molecule has 1 N–H and O–H groups in total. The molecule has 0 spiro atoms. The third kappa shape index (κ3) is 13.2.